The number of aliphatic hydroxyl groups excluding tert-OH is 1. The number of carbonyl (C=O) groups is 1. The molecule has 0 fully saturated rings. The molecule has 0 aliphatic heterocycles. The van der Waals surface area contributed by atoms with Crippen LogP contribution in [0.5, 0.6) is 5.75 Å². The molecule has 1 aromatic carbocycles. The standard InChI is InChI=1S/C14H20FNO3/c1-8(2)16-14(18)10(4)19-11-5-6-12(9(3)17)13(15)7-11/h5-10,17H,1-4H3,(H,16,18)/t9-,10?/m1/s1. The van der Waals surface area contributed by atoms with Crippen molar-refractivity contribution in [1.29, 1.82) is 0 Å². The van der Waals surface area contributed by atoms with Gasteiger partial charge in [0.1, 0.15) is 11.6 Å². The Morgan fingerprint density at radius 3 is 2.42 bits per heavy atom. The molecule has 106 valence electrons. The third-order valence-corrected chi connectivity index (χ3v) is 2.54. The molecule has 0 saturated heterocycles. The molecule has 0 spiro atoms. The van der Waals surface area contributed by atoms with Gasteiger partial charge in [-0.2, -0.15) is 0 Å². The van der Waals surface area contributed by atoms with Gasteiger partial charge in [-0.25, -0.2) is 4.39 Å². The predicted molar refractivity (Wildman–Crippen MR) is 70.4 cm³/mol. The highest BCUT2D eigenvalue weighted by atomic mass is 19.1. The average molecular weight is 269 g/mol. The molecule has 5 heteroatoms. The SMILES string of the molecule is CC(C)NC(=O)C(C)Oc1ccc([C@@H](C)O)c(F)c1. The Morgan fingerprint density at radius 2 is 1.95 bits per heavy atom. The van der Waals surface area contributed by atoms with Gasteiger partial charge < -0.3 is 15.2 Å². The molecule has 4 nitrogen and oxygen atoms in total. The summed E-state index contributed by atoms with van der Waals surface area (Å²) < 4.78 is 19.0. The van der Waals surface area contributed by atoms with Gasteiger partial charge in [0, 0.05) is 17.7 Å². The topological polar surface area (TPSA) is 58.6 Å². The van der Waals surface area contributed by atoms with Crippen LogP contribution in [-0.2, 0) is 4.79 Å². The van der Waals surface area contributed by atoms with Crippen molar-refractivity contribution in [3.05, 3.63) is 29.6 Å². The zero-order valence-electron chi connectivity index (χ0n) is 11.6. The molecule has 2 N–H and O–H groups in total. The van der Waals surface area contributed by atoms with Gasteiger partial charge >= 0.3 is 0 Å². The van der Waals surface area contributed by atoms with E-state index in [0.29, 0.717) is 0 Å². The van der Waals surface area contributed by atoms with Crippen molar-refractivity contribution < 1.29 is 19.0 Å². The van der Waals surface area contributed by atoms with E-state index in [1.165, 1.54) is 25.1 Å². The van der Waals surface area contributed by atoms with Gasteiger partial charge in [-0.3, -0.25) is 4.79 Å². The van der Waals surface area contributed by atoms with Gasteiger partial charge in [0.05, 0.1) is 6.10 Å². The molecule has 0 aromatic heterocycles. The first-order valence-electron chi connectivity index (χ1n) is 6.25. The van der Waals surface area contributed by atoms with Gasteiger partial charge in [0.25, 0.3) is 5.91 Å². The number of nitrogens with one attached hydrogen (secondary N) is 1. The van der Waals surface area contributed by atoms with E-state index in [4.69, 9.17) is 4.74 Å². The van der Waals surface area contributed by atoms with E-state index in [2.05, 4.69) is 5.32 Å². The van der Waals surface area contributed by atoms with E-state index in [9.17, 15) is 14.3 Å². The summed E-state index contributed by atoms with van der Waals surface area (Å²) in [5, 5.41) is 12.0. The van der Waals surface area contributed by atoms with Crippen LogP contribution < -0.4 is 10.1 Å². The Balaban J connectivity index is 2.72. The summed E-state index contributed by atoms with van der Waals surface area (Å²) in [6.07, 6.45) is -1.59. The van der Waals surface area contributed by atoms with Crippen molar-refractivity contribution in [2.24, 2.45) is 0 Å². The number of hydrogen-bond acceptors (Lipinski definition) is 3. The fraction of sp³-hybridized carbons (Fsp3) is 0.500. The Kier molecular flexibility index (Phi) is 5.30. The molecule has 19 heavy (non-hydrogen) atoms. The summed E-state index contributed by atoms with van der Waals surface area (Å²) in [6, 6.07) is 4.17. The molecule has 0 aliphatic rings. The monoisotopic (exact) mass is 269 g/mol. The van der Waals surface area contributed by atoms with Gasteiger partial charge in [-0.15, -0.1) is 0 Å². The highest BCUT2D eigenvalue weighted by Crippen LogP contribution is 2.22. The number of carbonyl (C=O) groups excluding carboxylic acids is 1. The summed E-state index contributed by atoms with van der Waals surface area (Å²) in [6.45, 7) is 6.78. The quantitative estimate of drug-likeness (QED) is 0.861. The molecule has 1 aromatic rings. The minimum absolute atomic E-state index is 0.0212. The van der Waals surface area contributed by atoms with E-state index in [-0.39, 0.29) is 23.3 Å². The van der Waals surface area contributed by atoms with Crippen molar-refractivity contribution >= 4 is 5.91 Å². The Hall–Kier alpha value is -1.62. The van der Waals surface area contributed by atoms with Crippen LogP contribution in [0.1, 0.15) is 39.4 Å². The lowest BCUT2D eigenvalue weighted by Crippen LogP contribution is -2.40. The summed E-state index contributed by atoms with van der Waals surface area (Å²) in [7, 11) is 0. The minimum atomic E-state index is -0.879. The molecule has 0 aliphatic carbocycles. The Labute approximate surface area is 112 Å². The molecule has 0 heterocycles. The summed E-state index contributed by atoms with van der Waals surface area (Å²) in [5.74, 6) is -0.549. The van der Waals surface area contributed by atoms with E-state index in [0.717, 1.165) is 0 Å². The van der Waals surface area contributed by atoms with E-state index >= 15 is 0 Å². The molecule has 0 bridgehead atoms. The maximum absolute atomic E-state index is 13.6. The highest BCUT2D eigenvalue weighted by Gasteiger charge is 2.16. The average Bonchev–Trinajstić information content (AvgIpc) is 2.27. The van der Waals surface area contributed by atoms with Crippen LogP contribution in [0, 0.1) is 5.82 Å². The summed E-state index contributed by atoms with van der Waals surface area (Å²) >= 11 is 0. The van der Waals surface area contributed by atoms with E-state index in [1.54, 1.807) is 6.92 Å². The van der Waals surface area contributed by atoms with Crippen molar-refractivity contribution in [2.45, 2.75) is 45.9 Å². The zero-order valence-corrected chi connectivity index (χ0v) is 11.6. The van der Waals surface area contributed by atoms with Crippen LogP contribution in [0.15, 0.2) is 18.2 Å². The second-order valence-corrected chi connectivity index (χ2v) is 4.78. The second kappa shape index (κ2) is 6.52. The number of aliphatic hydroxyl groups is 1. The molecule has 1 amide bonds. The Morgan fingerprint density at radius 1 is 1.32 bits per heavy atom. The molecule has 1 unspecified atom stereocenters. The first-order chi connectivity index (χ1) is 8.81. The normalized spacial score (nSPS) is 14.1. The number of amides is 1. The summed E-state index contributed by atoms with van der Waals surface area (Å²) in [4.78, 5) is 11.6. The summed E-state index contributed by atoms with van der Waals surface area (Å²) in [5.41, 5.74) is 0.201. The maximum Gasteiger partial charge on any atom is 0.260 e. The van der Waals surface area contributed by atoms with E-state index < -0.39 is 18.0 Å². The van der Waals surface area contributed by atoms with Crippen LogP contribution in [0.25, 0.3) is 0 Å². The van der Waals surface area contributed by atoms with E-state index in [1.807, 2.05) is 13.8 Å². The minimum Gasteiger partial charge on any atom is -0.481 e. The first kappa shape index (κ1) is 15.4. The van der Waals surface area contributed by atoms with Crippen molar-refractivity contribution in [2.75, 3.05) is 0 Å². The lowest BCUT2D eigenvalue weighted by atomic mass is 10.1. The highest BCUT2D eigenvalue weighted by molar-refractivity contribution is 5.80. The number of halogens is 1. The lowest BCUT2D eigenvalue weighted by Gasteiger charge is -2.17. The van der Waals surface area contributed by atoms with Crippen LogP contribution in [0.3, 0.4) is 0 Å². The first-order valence-corrected chi connectivity index (χ1v) is 6.25. The van der Waals surface area contributed by atoms with Crippen LogP contribution in [0.2, 0.25) is 0 Å². The van der Waals surface area contributed by atoms with Crippen LogP contribution >= 0.6 is 0 Å². The van der Waals surface area contributed by atoms with Gasteiger partial charge in [0.15, 0.2) is 6.10 Å². The molecule has 0 saturated carbocycles. The molecular formula is C14H20FNO3. The van der Waals surface area contributed by atoms with Crippen LogP contribution in [0.4, 0.5) is 4.39 Å². The fourth-order valence-electron chi connectivity index (χ4n) is 1.58. The zero-order chi connectivity index (χ0) is 14.6. The molecule has 0 radical (unpaired) electrons. The van der Waals surface area contributed by atoms with Gasteiger partial charge in [-0.05, 0) is 39.8 Å². The fourth-order valence-corrected chi connectivity index (χ4v) is 1.58. The molecule has 2 atom stereocenters. The smallest absolute Gasteiger partial charge is 0.260 e. The number of hydrogen-bond donors (Lipinski definition) is 2. The third-order valence-electron chi connectivity index (χ3n) is 2.54. The second-order valence-electron chi connectivity index (χ2n) is 4.78. The molecule has 1 rings (SSSR count). The predicted octanol–water partition coefficient (Wildman–Crippen LogP) is 2.17. The largest absolute Gasteiger partial charge is 0.481 e. The van der Waals surface area contributed by atoms with Crippen molar-refractivity contribution in [3.8, 4) is 5.75 Å². The maximum atomic E-state index is 13.6. The Bertz CT molecular complexity index is 446. The third kappa shape index (κ3) is 4.52. The molecular weight excluding hydrogens is 249 g/mol. The number of benzene rings is 1. The number of rotatable bonds is 5. The van der Waals surface area contributed by atoms with Crippen molar-refractivity contribution in [1.82, 2.24) is 5.32 Å². The number of ether oxygens (including phenoxy) is 1. The van der Waals surface area contributed by atoms with Gasteiger partial charge in [0.2, 0.25) is 0 Å². The van der Waals surface area contributed by atoms with Gasteiger partial charge in [-0.1, -0.05) is 0 Å². The lowest BCUT2D eigenvalue weighted by molar-refractivity contribution is -0.127. The van der Waals surface area contributed by atoms with Crippen LogP contribution in [-0.4, -0.2) is 23.2 Å². The van der Waals surface area contributed by atoms with Crippen molar-refractivity contribution in [3.63, 3.8) is 0 Å².